The van der Waals surface area contributed by atoms with Gasteiger partial charge in [0.05, 0.1) is 12.3 Å². The average Bonchev–Trinajstić information content (AvgIpc) is 2.94. The molecular formula is C14H18FN3O8. The van der Waals surface area contributed by atoms with Crippen molar-refractivity contribution in [1.82, 2.24) is 9.55 Å². The summed E-state index contributed by atoms with van der Waals surface area (Å²) in [5, 5.41) is 18.6. The van der Waals surface area contributed by atoms with Crippen molar-refractivity contribution in [2.45, 2.75) is 43.7 Å². The van der Waals surface area contributed by atoms with E-state index in [-0.39, 0.29) is 25.9 Å². The summed E-state index contributed by atoms with van der Waals surface area (Å²) in [5.41, 5.74) is 3.18. The Morgan fingerprint density at radius 2 is 2.19 bits per heavy atom. The number of carbonyl (C=O) groups excluding carboxylic acids is 1. The van der Waals surface area contributed by atoms with Crippen LogP contribution in [0.3, 0.4) is 0 Å². The number of aliphatic hydroxyl groups excluding tert-OH is 1. The monoisotopic (exact) mass is 375 g/mol. The van der Waals surface area contributed by atoms with Crippen LogP contribution in [-0.4, -0.2) is 56.6 Å². The number of hydrogen-bond donors (Lipinski definition) is 4. The number of hydrogen-bond acceptors (Lipinski definition) is 8. The number of carbonyl (C=O) groups is 2. The second-order valence-electron chi connectivity index (χ2n) is 5.74. The minimum Gasteiger partial charge on any atom is -0.480 e. The smallest absolute Gasteiger partial charge is 0.330 e. The molecule has 0 unspecified atom stereocenters. The Hall–Kier alpha value is -2.57. The lowest BCUT2D eigenvalue weighted by Crippen LogP contribution is -2.34. The number of carboxylic acid groups (broad SMARTS) is 1. The fourth-order valence-corrected chi connectivity index (χ4v) is 2.35. The summed E-state index contributed by atoms with van der Waals surface area (Å²) in [6, 6.07) is -1.19. The highest BCUT2D eigenvalue weighted by Crippen LogP contribution is 2.27. The number of esters is 1. The van der Waals surface area contributed by atoms with E-state index in [1.54, 1.807) is 4.98 Å². The summed E-state index contributed by atoms with van der Waals surface area (Å²) in [6.45, 7) is -0.348. The maximum Gasteiger partial charge on any atom is 0.330 e. The summed E-state index contributed by atoms with van der Waals surface area (Å²) < 4.78 is 24.4. The van der Waals surface area contributed by atoms with Gasteiger partial charge in [0.1, 0.15) is 25.0 Å². The van der Waals surface area contributed by atoms with Crippen molar-refractivity contribution in [3.05, 3.63) is 32.9 Å². The number of aliphatic carboxylic acids is 1. The Labute approximate surface area is 145 Å². The number of nitrogens with two attached hydrogens (primary N) is 1. The van der Waals surface area contributed by atoms with E-state index in [2.05, 4.69) is 0 Å². The third-order valence-corrected chi connectivity index (χ3v) is 3.82. The van der Waals surface area contributed by atoms with E-state index >= 15 is 0 Å². The van der Waals surface area contributed by atoms with E-state index in [0.29, 0.717) is 6.20 Å². The molecule has 1 aromatic heterocycles. The van der Waals surface area contributed by atoms with Gasteiger partial charge in [0.25, 0.3) is 5.56 Å². The van der Waals surface area contributed by atoms with Crippen molar-refractivity contribution in [1.29, 1.82) is 0 Å². The van der Waals surface area contributed by atoms with Crippen LogP contribution < -0.4 is 17.0 Å². The van der Waals surface area contributed by atoms with Crippen molar-refractivity contribution >= 4 is 11.9 Å². The lowest BCUT2D eigenvalue weighted by Gasteiger charge is -2.16. The highest BCUT2D eigenvalue weighted by atomic mass is 19.1. The molecule has 1 aliphatic heterocycles. The Kier molecular flexibility index (Phi) is 6.23. The number of aromatic amines is 1. The fourth-order valence-electron chi connectivity index (χ4n) is 2.35. The minimum atomic E-state index is -1.24. The summed E-state index contributed by atoms with van der Waals surface area (Å²) in [6.07, 6.45) is -2.89. The van der Waals surface area contributed by atoms with Crippen LogP contribution in [-0.2, 0) is 19.1 Å². The molecule has 1 aromatic rings. The number of halogens is 1. The van der Waals surface area contributed by atoms with Gasteiger partial charge in [-0.25, -0.2) is 4.79 Å². The zero-order chi connectivity index (χ0) is 19.4. The molecule has 0 amide bonds. The third kappa shape index (κ3) is 4.74. The van der Waals surface area contributed by atoms with Crippen LogP contribution >= 0.6 is 0 Å². The van der Waals surface area contributed by atoms with Gasteiger partial charge in [-0.3, -0.25) is 23.9 Å². The van der Waals surface area contributed by atoms with Crippen LogP contribution in [0.5, 0.6) is 0 Å². The largest absolute Gasteiger partial charge is 0.480 e. The zero-order valence-corrected chi connectivity index (χ0v) is 13.5. The lowest BCUT2D eigenvalue weighted by atomic mass is 10.1. The van der Waals surface area contributed by atoms with Gasteiger partial charge in [-0.15, -0.1) is 0 Å². The highest BCUT2D eigenvalue weighted by Gasteiger charge is 2.36. The van der Waals surface area contributed by atoms with Crippen LogP contribution in [0.1, 0.15) is 25.5 Å². The second-order valence-corrected chi connectivity index (χ2v) is 5.74. The number of ether oxygens (including phenoxy) is 2. The average molecular weight is 375 g/mol. The SMILES string of the molecule is N[C@@H](CCC(=O)OC[C@H]1O[C@@H](n2cc(F)c(=O)[nH]c2=O)C[C@@H]1O)C(=O)O. The van der Waals surface area contributed by atoms with E-state index in [9.17, 15) is 28.7 Å². The number of aromatic nitrogens is 2. The topological polar surface area (TPSA) is 174 Å². The predicted octanol–water partition coefficient (Wildman–Crippen LogP) is -1.94. The molecule has 4 atom stereocenters. The maximum atomic E-state index is 13.3. The van der Waals surface area contributed by atoms with Gasteiger partial charge in [-0.2, -0.15) is 4.39 Å². The van der Waals surface area contributed by atoms with Gasteiger partial charge in [-0.1, -0.05) is 0 Å². The quantitative estimate of drug-likeness (QED) is 0.395. The lowest BCUT2D eigenvalue weighted by molar-refractivity contribution is -0.150. The number of nitrogens with one attached hydrogen (secondary N) is 1. The summed E-state index contributed by atoms with van der Waals surface area (Å²) in [5.74, 6) is -3.16. The second kappa shape index (κ2) is 8.21. The number of nitrogens with zero attached hydrogens (tertiary/aromatic N) is 1. The predicted molar refractivity (Wildman–Crippen MR) is 81.6 cm³/mol. The van der Waals surface area contributed by atoms with Gasteiger partial charge in [0.15, 0.2) is 0 Å². The normalized spacial score (nSPS) is 23.6. The van der Waals surface area contributed by atoms with Crippen LogP contribution in [0.25, 0.3) is 0 Å². The van der Waals surface area contributed by atoms with Gasteiger partial charge in [0, 0.05) is 12.8 Å². The molecule has 0 aliphatic carbocycles. The molecule has 12 heteroatoms. The standard InChI is InChI=1S/C14H18FN3O8/c15-6-4-18(14(24)17-12(6)21)10-3-8(19)9(26-10)5-25-11(20)2-1-7(16)13(22)23/h4,7-10,19H,1-3,5,16H2,(H,22,23)(H,17,21,24)/t7-,8-,9+,10+/m0/s1. The molecule has 0 bridgehead atoms. The number of H-pyrrole nitrogens is 1. The number of rotatable bonds is 7. The number of aliphatic hydroxyl groups is 1. The Morgan fingerprint density at radius 3 is 2.85 bits per heavy atom. The summed E-state index contributed by atoms with van der Waals surface area (Å²) in [4.78, 5) is 46.6. The first-order valence-corrected chi connectivity index (χ1v) is 7.67. The molecule has 144 valence electrons. The maximum absolute atomic E-state index is 13.3. The van der Waals surface area contributed by atoms with Gasteiger partial charge in [0.2, 0.25) is 5.82 Å². The van der Waals surface area contributed by atoms with Gasteiger partial charge < -0.3 is 25.4 Å². The van der Waals surface area contributed by atoms with E-state index in [4.69, 9.17) is 20.3 Å². The fraction of sp³-hybridized carbons (Fsp3) is 0.571. The van der Waals surface area contributed by atoms with Crippen molar-refractivity contribution in [3.8, 4) is 0 Å². The Morgan fingerprint density at radius 1 is 1.50 bits per heavy atom. The molecule has 2 heterocycles. The molecule has 11 nitrogen and oxygen atoms in total. The Balaban J connectivity index is 1.90. The molecule has 5 N–H and O–H groups in total. The molecule has 1 fully saturated rings. The van der Waals surface area contributed by atoms with Crippen molar-refractivity contribution < 1.29 is 33.7 Å². The summed E-state index contributed by atoms with van der Waals surface area (Å²) >= 11 is 0. The molecule has 1 aliphatic rings. The van der Waals surface area contributed by atoms with Gasteiger partial charge >= 0.3 is 17.6 Å². The minimum absolute atomic E-state index is 0.0858. The molecular weight excluding hydrogens is 357 g/mol. The van der Waals surface area contributed by atoms with Crippen LogP contribution in [0.2, 0.25) is 0 Å². The zero-order valence-electron chi connectivity index (χ0n) is 13.5. The first kappa shape index (κ1) is 19.8. The van der Waals surface area contributed by atoms with E-state index in [1.165, 1.54) is 0 Å². The van der Waals surface area contributed by atoms with Crippen LogP contribution in [0.15, 0.2) is 15.8 Å². The van der Waals surface area contributed by atoms with E-state index < -0.39 is 53.5 Å². The molecule has 1 saturated heterocycles. The first-order valence-electron chi connectivity index (χ1n) is 7.67. The number of carboxylic acids is 1. The highest BCUT2D eigenvalue weighted by molar-refractivity contribution is 5.75. The molecule has 0 saturated carbocycles. The van der Waals surface area contributed by atoms with Gasteiger partial charge in [-0.05, 0) is 6.42 Å². The van der Waals surface area contributed by atoms with Crippen molar-refractivity contribution in [2.75, 3.05) is 6.61 Å². The first-order chi connectivity index (χ1) is 12.2. The molecule has 0 radical (unpaired) electrons. The Bertz CT molecular complexity index is 791. The summed E-state index contributed by atoms with van der Waals surface area (Å²) in [7, 11) is 0. The van der Waals surface area contributed by atoms with Crippen molar-refractivity contribution in [3.63, 3.8) is 0 Å². The molecule has 2 rings (SSSR count). The van der Waals surface area contributed by atoms with Crippen LogP contribution in [0.4, 0.5) is 4.39 Å². The van der Waals surface area contributed by atoms with Crippen molar-refractivity contribution in [2.24, 2.45) is 5.73 Å². The van der Waals surface area contributed by atoms with E-state index in [0.717, 1.165) is 4.57 Å². The third-order valence-electron chi connectivity index (χ3n) is 3.82. The molecule has 0 aromatic carbocycles. The van der Waals surface area contributed by atoms with Crippen LogP contribution in [0, 0.1) is 5.82 Å². The molecule has 0 spiro atoms. The van der Waals surface area contributed by atoms with E-state index in [1.807, 2.05) is 0 Å². The molecule has 26 heavy (non-hydrogen) atoms.